The van der Waals surface area contributed by atoms with Crippen LogP contribution in [-0.4, -0.2) is 9.97 Å². The number of aromatic nitrogens is 2. The number of nitrogens with one attached hydrogen (secondary N) is 1. The Morgan fingerprint density at radius 3 is 2.65 bits per heavy atom. The Balaban J connectivity index is 2.32. The molecule has 106 valence electrons. The van der Waals surface area contributed by atoms with Crippen LogP contribution in [0.3, 0.4) is 0 Å². The lowest BCUT2D eigenvalue weighted by Crippen LogP contribution is -2.01. The van der Waals surface area contributed by atoms with Crippen LogP contribution in [0.1, 0.15) is 24.7 Å². The number of anilines is 2. The summed E-state index contributed by atoms with van der Waals surface area (Å²) in [4.78, 5) is 8.84. The first-order chi connectivity index (χ1) is 9.49. The Morgan fingerprint density at radius 1 is 1.20 bits per heavy atom. The van der Waals surface area contributed by atoms with Crippen LogP contribution >= 0.6 is 43.5 Å². The van der Waals surface area contributed by atoms with Crippen LogP contribution in [-0.2, 0) is 6.42 Å². The van der Waals surface area contributed by atoms with E-state index in [4.69, 9.17) is 11.6 Å². The monoisotopic (exact) mass is 417 g/mol. The van der Waals surface area contributed by atoms with Gasteiger partial charge in [-0.1, -0.05) is 18.5 Å². The third-order valence-corrected chi connectivity index (χ3v) is 4.20. The van der Waals surface area contributed by atoms with Gasteiger partial charge in [0, 0.05) is 22.0 Å². The van der Waals surface area contributed by atoms with Gasteiger partial charge < -0.3 is 5.32 Å². The minimum atomic E-state index is 0.720. The fourth-order valence-electron chi connectivity index (χ4n) is 1.74. The van der Waals surface area contributed by atoms with Gasteiger partial charge in [0.1, 0.15) is 16.2 Å². The molecule has 0 saturated carbocycles. The SMILES string of the molecule is CCCc1nc(Br)cc(Nc2cc(Cl)c(C)cc2Br)n1. The largest absolute Gasteiger partial charge is 0.339 e. The lowest BCUT2D eigenvalue weighted by Gasteiger charge is -2.11. The van der Waals surface area contributed by atoms with Gasteiger partial charge in [-0.25, -0.2) is 9.97 Å². The summed E-state index contributed by atoms with van der Waals surface area (Å²) >= 11 is 13.1. The lowest BCUT2D eigenvalue weighted by atomic mass is 10.2. The highest BCUT2D eigenvalue weighted by molar-refractivity contribution is 9.10. The van der Waals surface area contributed by atoms with Crippen molar-refractivity contribution in [3.63, 3.8) is 0 Å². The Bertz CT molecular complexity index is 632. The van der Waals surface area contributed by atoms with Crippen molar-refractivity contribution in [2.75, 3.05) is 5.32 Å². The minimum Gasteiger partial charge on any atom is -0.339 e. The molecule has 0 atom stereocenters. The molecule has 0 aliphatic heterocycles. The summed E-state index contributed by atoms with van der Waals surface area (Å²) < 4.78 is 1.72. The molecular weight excluding hydrogens is 405 g/mol. The molecule has 1 heterocycles. The van der Waals surface area contributed by atoms with Crippen LogP contribution in [0, 0.1) is 6.92 Å². The number of aryl methyl sites for hydroxylation is 2. The maximum absolute atomic E-state index is 6.16. The topological polar surface area (TPSA) is 37.8 Å². The molecule has 0 aliphatic carbocycles. The van der Waals surface area contributed by atoms with Crippen molar-refractivity contribution >= 4 is 55.0 Å². The predicted octanol–water partition coefficient (Wildman–Crippen LogP) is 5.66. The van der Waals surface area contributed by atoms with Crippen molar-refractivity contribution < 1.29 is 0 Å². The Hall–Kier alpha value is -0.650. The zero-order valence-electron chi connectivity index (χ0n) is 11.2. The van der Waals surface area contributed by atoms with E-state index in [1.165, 1.54) is 0 Å². The summed E-state index contributed by atoms with van der Waals surface area (Å²) in [7, 11) is 0. The normalized spacial score (nSPS) is 10.7. The average Bonchev–Trinajstić information content (AvgIpc) is 2.35. The zero-order valence-corrected chi connectivity index (χ0v) is 15.1. The first kappa shape index (κ1) is 15.7. The third kappa shape index (κ3) is 3.93. The van der Waals surface area contributed by atoms with Crippen molar-refractivity contribution in [2.24, 2.45) is 0 Å². The van der Waals surface area contributed by atoms with E-state index in [9.17, 15) is 0 Å². The molecule has 0 aliphatic rings. The first-order valence-corrected chi connectivity index (χ1v) is 8.22. The molecule has 0 bridgehead atoms. The van der Waals surface area contributed by atoms with E-state index < -0.39 is 0 Å². The second-order valence-corrected chi connectivity index (χ2v) is 6.52. The fourth-order valence-corrected chi connectivity index (χ4v) is 2.89. The van der Waals surface area contributed by atoms with E-state index in [2.05, 4.69) is 54.1 Å². The van der Waals surface area contributed by atoms with E-state index in [0.29, 0.717) is 0 Å². The highest BCUT2D eigenvalue weighted by Crippen LogP contribution is 2.31. The van der Waals surface area contributed by atoms with Crippen molar-refractivity contribution in [3.05, 3.63) is 43.7 Å². The zero-order chi connectivity index (χ0) is 14.7. The molecule has 1 aromatic carbocycles. The predicted molar refractivity (Wildman–Crippen MR) is 90.9 cm³/mol. The quantitative estimate of drug-likeness (QED) is 0.650. The molecule has 1 aromatic heterocycles. The van der Waals surface area contributed by atoms with Gasteiger partial charge in [-0.15, -0.1) is 0 Å². The van der Waals surface area contributed by atoms with Gasteiger partial charge in [-0.05, 0) is 62.9 Å². The summed E-state index contributed by atoms with van der Waals surface area (Å²) in [5.41, 5.74) is 1.91. The first-order valence-electron chi connectivity index (χ1n) is 6.25. The van der Waals surface area contributed by atoms with Gasteiger partial charge in [0.2, 0.25) is 0 Å². The van der Waals surface area contributed by atoms with Crippen molar-refractivity contribution in [2.45, 2.75) is 26.7 Å². The summed E-state index contributed by atoms with van der Waals surface area (Å²) in [5.74, 6) is 1.56. The number of benzene rings is 1. The molecular formula is C14H14Br2ClN3. The number of halogens is 3. The second-order valence-electron chi connectivity index (χ2n) is 4.45. The van der Waals surface area contributed by atoms with Crippen LogP contribution < -0.4 is 5.32 Å². The fraction of sp³-hybridized carbons (Fsp3) is 0.286. The molecule has 1 N–H and O–H groups in total. The van der Waals surface area contributed by atoms with Crippen LogP contribution in [0.4, 0.5) is 11.5 Å². The maximum atomic E-state index is 6.16. The molecule has 3 nitrogen and oxygen atoms in total. The Kier molecular flexibility index (Phi) is 5.41. The average molecular weight is 420 g/mol. The van der Waals surface area contributed by atoms with E-state index in [1.54, 1.807) is 0 Å². The van der Waals surface area contributed by atoms with Crippen molar-refractivity contribution in [3.8, 4) is 0 Å². The van der Waals surface area contributed by atoms with Crippen molar-refractivity contribution in [1.82, 2.24) is 9.97 Å². The third-order valence-electron chi connectivity index (χ3n) is 2.73. The van der Waals surface area contributed by atoms with Gasteiger partial charge in [0.15, 0.2) is 0 Å². The van der Waals surface area contributed by atoms with Crippen molar-refractivity contribution in [1.29, 1.82) is 0 Å². The smallest absolute Gasteiger partial charge is 0.135 e. The van der Waals surface area contributed by atoms with Crippen LogP contribution in [0.5, 0.6) is 0 Å². The molecule has 20 heavy (non-hydrogen) atoms. The van der Waals surface area contributed by atoms with Gasteiger partial charge >= 0.3 is 0 Å². The van der Waals surface area contributed by atoms with E-state index in [0.717, 1.165) is 49.8 Å². The van der Waals surface area contributed by atoms with Crippen LogP contribution in [0.2, 0.25) is 5.02 Å². The Morgan fingerprint density at radius 2 is 1.95 bits per heavy atom. The highest BCUT2D eigenvalue weighted by atomic mass is 79.9. The second kappa shape index (κ2) is 6.87. The van der Waals surface area contributed by atoms with Crippen LogP contribution in [0.15, 0.2) is 27.3 Å². The number of nitrogens with zero attached hydrogens (tertiary/aromatic N) is 2. The molecule has 0 spiro atoms. The van der Waals surface area contributed by atoms with Gasteiger partial charge in [0.05, 0.1) is 5.69 Å². The molecule has 0 saturated heterocycles. The van der Waals surface area contributed by atoms with E-state index in [1.807, 2.05) is 25.1 Å². The number of hydrogen-bond acceptors (Lipinski definition) is 3. The molecule has 2 aromatic rings. The summed E-state index contributed by atoms with van der Waals surface area (Å²) in [6.07, 6.45) is 1.86. The molecule has 0 fully saturated rings. The van der Waals surface area contributed by atoms with Crippen LogP contribution in [0.25, 0.3) is 0 Å². The van der Waals surface area contributed by atoms with E-state index >= 15 is 0 Å². The molecule has 0 radical (unpaired) electrons. The van der Waals surface area contributed by atoms with Gasteiger partial charge in [-0.3, -0.25) is 0 Å². The van der Waals surface area contributed by atoms with Gasteiger partial charge in [-0.2, -0.15) is 0 Å². The lowest BCUT2D eigenvalue weighted by molar-refractivity contribution is 0.831. The minimum absolute atomic E-state index is 0.720. The Labute approximate surface area is 140 Å². The number of rotatable bonds is 4. The molecule has 2 rings (SSSR count). The standard InChI is InChI=1S/C14H14Br2ClN3/c1-3-4-13-19-12(16)7-14(20-13)18-11-6-10(17)8(2)5-9(11)15/h5-7H,3-4H2,1-2H3,(H,18,19,20). The molecule has 6 heteroatoms. The summed E-state index contributed by atoms with van der Waals surface area (Å²) in [6.45, 7) is 4.07. The summed E-state index contributed by atoms with van der Waals surface area (Å²) in [6, 6.07) is 5.71. The highest BCUT2D eigenvalue weighted by Gasteiger charge is 2.07. The van der Waals surface area contributed by atoms with E-state index in [-0.39, 0.29) is 0 Å². The molecule has 0 amide bonds. The molecule has 0 unspecified atom stereocenters. The number of hydrogen-bond donors (Lipinski definition) is 1. The van der Waals surface area contributed by atoms with Gasteiger partial charge in [0.25, 0.3) is 0 Å². The maximum Gasteiger partial charge on any atom is 0.135 e. The summed E-state index contributed by atoms with van der Waals surface area (Å²) in [5, 5.41) is 3.99.